The lowest BCUT2D eigenvalue weighted by Crippen LogP contribution is -2.49. The van der Waals surface area contributed by atoms with E-state index >= 15 is 0 Å². The Kier molecular flexibility index (Phi) is 5.81. The van der Waals surface area contributed by atoms with Crippen molar-refractivity contribution >= 4 is 5.91 Å². The average Bonchev–Trinajstić information content (AvgIpc) is 2.91. The van der Waals surface area contributed by atoms with E-state index in [1.54, 1.807) is 0 Å². The van der Waals surface area contributed by atoms with Gasteiger partial charge in [-0.2, -0.15) is 0 Å². The van der Waals surface area contributed by atoms with Crippen molar-refractivity contribution in [3.8, 4) is 0 Å². The molecular formula is C15H30N2O2. The summed E-state index contributed by atoms with van der Waals surface area (Å²) in [5.74, 6) is 0.474. The van der Waals surface area contributed by atoms with Gasteiger partial charge in [0, 0.05) is 18.5 Å². The third kappa shape index (κ3) is 3.29. The highest BCUT2D eigenvalue weighted by atomic mass is 16.3. The SMILES string of the molecule is CCC(CC)(CO)CNC(=O)C1(C(C)C)CCNC1. The Hall–Kier alpha value is -0.610. The van der Waals surface area contributed by atoms with Crippen molar-refractivity contribution in [3.05, 3.63) is 0 Å². The fourth-order valence-electron chi connectivity index (χ4n) is 2.88. The third-order valence-electron chi connectivity index (χ3n) is 5.21. The van der Waals surface area contributed by atoms with Gasteiger partial charge in [-0.05, 0) is 31.7 Å². The zero-order chi connectivity index (χ0) is 14.5. The fourth-order valence-corrected chi connectivity index (χ4v) is 2.88. The Balaban J connectivity index is 2.68. The fraction of sp³-hybridized carbons (Fsp3) is 0.933. The molecule has 0 saturated carbocycles. The zero-order valence-electron chi connectivity index (χ0n) is 12.9. The van der Waals surface area contributed by atoms with E-state index in [4.69, 9.17) is 0 Å². The number of carbonyl (C=O) groups excluding carboxylic acids is 1. The number of carbonyl (C=O) groups is 1. The molecule has 4 heteroatoms. The minimum Gasteiger partial charge on any atom is -0.396 e. The van der Waals surface area contributed by atoms with Gasteiger partial charge in [0.1, 0.15) is 0 Å². The maximum atomic E-state index is 12.6. The van der Waals surface area contributed by atoms with Crippen LogP contribution in [0.1, 0.15) is 47.0 Å². The summed E-state index contributed by atoms with van der Waals surface area (Å²) in [6.07, 6.45) is 2.67. The molecule has 112 valence electrons. The van der Waals surface area contributed by atoms with Crippen LogP contribution in [0.5, 0.6) is 0 Å². The van der Waals surface area contributed by atoms with Crippen LogP contribution in [0, 0.1) is 16.7 Å². The predicted octanol–water partition coefficient (Wildman–Crippen LogP) is 1.54. The van der Waals surface area contributed by atoms with Gasteiger partial charge >= 0.3 is 0 Å². The molecule has 3 N–H and O–H groups in total. The summed E-state index contributed by atoms with van der Waals surface area (Å²) in [6.45, 7) is 10.8. The molecule has 1 amide bonds. The Morgan fingerprint density at radius 3 is 2.42 bits per heavy atom. The molecule has 1 aliphatic heterocycles. The van der Waals surface area contributed by atoms with Gasteiger partial charge in [-0.15, -0.1) is 0 Å². The van der Waals surface area contributed by atoms with Crippen LogP contribution in [0.2, 0.25) is 0 Å². The molecule has 0 spiro atoms. The lowest BCUT2D eigenvalue weighted by Gasteiger charge is -2.35. The van der Waals surface area contributed by atoms with Crippen LogP contribution >= 0.6 is 0 Å². The molecule has 1 saturated heterocycles. The number of amides is 1. The molecule has 1 unspecified atom stereocenters. The zero-order valence-corrected chi connectivity index (χ0v) is 12.9. The van der Waals surface area contributed by atoms with E-state index in [1.807, 2.05) is 0 Å². The maximum absolute atomic E-state index is 12.6. The molecule has 1 rings (SSSR count). The first kappa shape index (κ1) is 16.4. The number of rotatable bonds is 7. The summed E-state index contributed by atoms with van der Waals surface area (Å²) in [5.41, 5.74) is -0.442. The van der Waals surface area contributed by atoms with Crippen molar-refractivity contribution in [2.45, 2.75) is 47.0 Å². The van der Waals surface area contributed by atoms with E-state index in [0.717, 1.165) is 32.4 Å². The van der Waals surface area contributed by atoms with E-state index in [0.29, 0.717) is 12.5 Å². The molecule has 0 bridgehead atoms. The van der Waals surface area contributed by atoms with Crippen LogP contribution in [0.15, 0.2) is 0 Å². The van der Waals surface area contributed by atoms with E-state index < -0.39 is 0 Å². The highest BCUT2D eigenvalue weighted by Gasteiger charge is 2.44. The summed E-state index contributed by atoms with van der Waals surface area (Å²) < 4.78 is 0. The van der Waals surface area contributed by atoms with Gasteiger partial charge in [-0.3, -0.25) is 4.79 Å². The van der Waals surface area contributed by atoms with E-state index in [9.17, 15) is 9.90 Å². The second-order valence-corrected chi connectivity index (χ2v) is 6.29. The molecule has 0 aliphatic carbocycles. The molecule has 19 heavy (non-hydrogen) atoms. The molecule has 1 atom stereocenters. The van der Waals surface area contributed by atoms with Crippen molar-refractivity contribution in [2.24, 2.45) is 16.7 Å². The first-order valence-electron chi connectivity index (χ1n) is 7.56. The number of hydrogen-bond donors (Lipinski definition) is 3. The average molecular weight is 270 g/mol. The third-order valence-corrected chi connectivity index (χ3v) is 5.21. The second kappa shape index (κ2) is 6.71. The standard InChI is InChI=1S/C15H30N2O2/c1-5-14(6-2,11-18)9-17-13(19)15(12(3)4)7-8-16-10-15/h12,16,18H,5-11H2,1-4H3,(H,17,19). The lowest BCUT2D eigenvalue weighted by molar-refractivity contribution is -0.133. The molecule has 1 aliphatic rings. The number of aliphatic hydroxyl groups excluding tert-OH is 1. The predicted molar refractivity (Wildman–Crippen MR) is 77.9 cm³/mol. The molecule has 0 aromatic rings. The number of hydrogen-bond acceptors (Lipinski definition) is 3. The smallest absolute Gasteiger partial charge is 0.227 e. The van der Waals surface area contributed by atoms with Gasteiger partial charge in [0.15, 0.2) is 0 Å². The normalized spacial score (nSPS) is 23.9. The summed E-state index contributed by atoms with van der Waals surface area (Å²) in [5, 5.41) is 16.0. The molecule has 1 fully saturated rings. The van der Waals surface area contributed by atoms with Gasteiger partial charge in [0.25, 0.3) is 0 Å². The molecular weight excluding hydrogens is 240 g/mol. The number of aliphatic hydroxyl groups is 1. The van der Waals surface area contributed by atoms with Crippen molar-refractivity contribution in [2.75, 3.05) is 26.2 Å². The van der Waals surface area contributed by atoms with E-state index in [1.165, 1.54) is 0 Å². The van der Waals surface area contributed by atoms with Gasteiger partial charge in [-0.1, -0.05) is 27.7 Å². The Morgan fingerprint density at radius 1 is 1.42 bits per heavy atom. The minimum atomic E-state index is -0.275. The van der Waals surface area contributed by atoms with Crippen molar-refractivity contribution in [1.82, 2.24) is 10.6 Å². The van der Waals surface area contributed by atoms with Gasteiger partial charge in [-0.25, -0.2) is 0 Å². The van der Waals surface area contributed by atoms with Crippen LogP contribution < -0.4 is 10.6 Å². The highest BCUT2D eigenvalue weighted by Crippen LogP contribution is 2.35. The second-order valence-electron chi connectivity index (χ2n) is 6.29. The summed E-state index contributed by atoms with van der Waals surface area (Å²) >= 11 is 0. The Morgan fingerprint density at radius 2 is 2.05 bits per heavy atom. The van der Waals surface area contributed by atoms with Crippen LogP contribution in [0.25, 0.3) is 0 Å². The van der Waals surface area contributed by atoms with Gasteiger partial charge < -0.3 is 15.7 Å². The first-order chi connectivity index (χ1) is 8.96. The van der Waals surface area contributed by atoms with E-state index in [-0.39, 0.29) is 23.3 Å². The molecule has 0 aromatic carbocycles. The van der Waals surface area contributed by atoms with Crippen LogP contribution in [0.3, 0.4) is 0 Å². The number of nitrogens with one attached hydrogen (secondary N) is 2. The monoisotopic (exact) mass is 270 g/mol. The topological polar surface area (TPSA) is 61.4 Å². The molecule has 0 aromatic heterocycles. The lowest BCUT2D eigenvalue weighted by atomic mass is 9.75. The minimum absolute atomic E-state index is 0.132. The molecule has 1 heterocycles. The largest absolute Gasteiger partial charge is 0.396 e. The van der Waals surface area contributed by atoms with Crippen LogP contribution in [-0.4, -0.2) is 37.3 Å². The summed E-state index contributed by atoms with van der Waals surface area (Å²) in [6, 6.07) is 0. The van der Waals surface area contributed by atoms with Crippen molar-refractivity contribution < 1.29 is 9.90 Å². The maximum Gasteiger partial charge on any atom is 0.227 e. The summed E-state index contributed by atoms with van der Waals surface area (Å²) in [4.78, 5) is 12.6. The quantitative estimate of drug-likeness (QED) is 0.657. The first-order valence-corrected chi connectivity index (χ1v) is 7.56. The van der Waals surface area contributed by atoms with E-state index in [2.05, 4.69) is 38.3 Å². The van der Waals surface area contributed by atoms with Gasteiger partial charge in [0.05, 0.1) is 12.0 Å². The van der Waals surface area contributed by atoms with Crippen molar-refractivity contribution in [3.63, 3.8) is 0 Å². The molecule has 0 radical (unpaired) electrons. The van der Waals surface area contributed by atoms with Crippen LogP contribution in [-0.2, 0) is 4.79 Å². The summed E-state index contributed by atoms with van der Waals surface area (Å²) in [7, 11) is 0. The molecule has 4 nitrogen and oxygen atoms in total. The Bertz CT molecular complexity index is 284. The van der Waals surface area contributed by atoms with Crippen molar-refractivity contribution in [1.29, 1.82) is 0 Å². The van der Waals surface area contributed by atoms with Crippen LogP contribution in [0.4, 0.5) is 0 Å². The Labute approximate surface area is 117 Å². The highest BCUT2D eigenvalue weighted by molar-refractivity contribution is 5.83. The van der Waals surface area contributed by atoms with Gasteiger partial charge in [0.2, 0.25) is 5.91 Å².